The van der Waals surface area contributed by atoms with E-state index in [1.165, 1.54) is 0 Å². The van der Waals surface area contributed by atoms with Gasteiger partial charge in [-0.25, -0.2) is 8.42 Å². The van der Waals surface area contributed by atoms with Crippen LogP contribution in [0.2, 0.25) is 0 Å². The van der Waals surface area contributed by atoms with Crippen LogP contribution in [0.25, 0.3) is 0 Å². The van der Waals surface area contributed by atoms with E-state index in [0.29, 0.717) is 12.8 Å². The zero-order valence-electron chi connectivity index (χ0n) is 8.69. The van der Waals surface area contributed by atoms with Gasteiger partial charge in [0.1, 0.15) is 5.25 Å². The van der Waals surface area contributed by atoms with Crippen molar-refractivity contribution in [1.82, 2.24) is 5.32 Å². The quantitative estimate of drug-likeness (QED) is 0.683. The average molecular weight is 229 g/mol. The van der Waals surface area contributed by atoms with E-state index in [1.54, 1.807) is 6.92 Å². The van der Waals surface area contributed by atoms with Crippen molar-refractivity contribution in [3.63, 3.8) is 0 Å². The number of amides is 1. The third-order valence-corrected chi connectivity index (χ3v) is 4.65. The van der Waals surface area contributed by atoms with E-state index in [-0.39, 0.29) is 5.75 Å². The molecule has 0 aliphatic carbocycles. The Morgan fingerprint density at radius 3 is 2.73 bits per heavy atom. The molecule has 2 unspecified atom stereocenters. The minimum Gasteiger partial charge on any atom is -0.342 e. The molecule has 0 spiro atoms. The number of hydrogen-bond acceptors (Lipinski definition) is 3. The molecule has 1 saturated heterocycles. The molecule has 1 fully saturated rings. The van der Waals surface area contributed by atoms with Crippen molar-refractivity contribution < 1.29 is 13.2 Å². The van der Waals surface area contributed by atoms with Gasteiger partial charge in [0, 0.05) is 0 Å². The minimum atomic E-state index is -3.26. The number of carbonyl (C=O) groups is 1. The van der Waals surface area contributed by atoms with Crippen LogP contribution in [0.3, 0.4) is 0 Å². The Morgan fingerprint density at radius 1 is 1.53 bits per heavy atom. The van der Waals surface area contributed by atoms with Gasteiger partial charge in [0.05, 0.1) is 11.8 Å². The smallest absolute Gasteiger partial charge is 0.239 e. The summed E-state index contributed by atoms with van der Waals surface area (Å²) in [4.78, 5) is 11.6. The maximum absolute atomic E-state index is 11.6. The summed E-state index contributed by atoms with van der Waals surface area (Å²) in [7, 11) is -3.26. The summed E-state index contributed by atoms with van der Waals surface area (Å²) >= 11 is 0. The Bertz CT molecular complexity index is 380. The Labute approximate surface area is 90.4 Å². The molecule has 84 valence electrons. The SMILES string of the molecule is C#CC(C)NC(=O)C1CCCCS1(=O)=O. The Kier molecular flexibility index (Phi) is 3.75. The zero-order valence-corrected chi connectivity index (χ0v) is 9.51. The van der Waals surface area contributed by atoms with Gasteiger partial charge in [-0.2, -0.15) is 0 Å². The van der Waals surface area contributed by atoms with E-state index in [4.69, 9.17) is 6.42 Å². The minimum absolute atomic E-state index is 0.107. The molecule has 1 rings (SSSR count). The van der Waals surface area contributed by atoms with Crippen LogP contribution in [0, 0.1) is 12.3 Å². The Hall–Kier alpha value is -1.02. The summed E-state index contributed by atoms with van der Waals surface area (Å²) < 4.78 is 23.2. The third-order valence-electron chi connectivity index (χ3n) is 2.48. The number of carbonyl (C=O) groups excluding carboxylic acids is 1. The number of rotatable bonds is 2. The Morgan fingerprint density at radius 2 is 2.20 bits per heavy atom. The topological polar surface area (TPSA) is 63.2 Å². The summed E-state index contributed by atoms with van der Waals surface area (Å²) in [6, 6.07) is -0.422. The highest BCUT2D eigenvalue weighted by Crippen LogP contribution is 2.19. The molecule has 1 aliphatic heterocycles. The molecule has 1 aliphatic rings. The number of terminal acetylenes is 1. The van der Waals surface area contributed by atoms with Crippen molar-refractivity contribution in [2.45, 2.75) is 37.5 Å². The largest absolute Gasteiger partial charge is 0.342 e. The number of hydrogen-bond donors (Lipinski definition) is 1. The molecule has 2 atom stereocenters. The fourth-order valence-electron chi connectivity index (χ4n) is 1.60. The first-order valence-electron chi connectivity index (χ1n) is 4.95. The lowest BCUT2D eigenvalue weighted by atomic mass is 10.1. The summed E-state index contributed by atoms with van der Waals surface area (Å²) in [6.07, 6.45) is 6.94. The predicted octanol–water partition coefficient (Wildman–Crippen LogP) is 0.0916. The summed E-state index contributed by atoms with van der Waals surface area (Å²) in [5.74, 6) is 1.98. The van der Waals surface area contributed by atoms with Crippen LogP contribution >= 0.6 is 0 Å². The van der Waals surface area contributed by atoms with Crippen LogP contribution in [0.15, 0.2) is 0 Å². The van der Waals surface area contributed by atoms with Gasteiger partial charge in [0.2, 0.25) is 5.91 Å². The molecule has 0 saturated carbocycles. The molecule has 0 bridgehead atoms. The predicted molar refractivity (Wildman–Crippen MR) is 57.9 cm³/mol. The molecule has 1 amide bonds. The zero-order chi connectivity index (χ0) is 11.5. The van der Waals surface area contributed by atoms with Crippen LogP contribution in [0.5, 0.6) is 0 Å². The molecule has 0 aromatic heterocycles. The van der Waals surface area contributed by atoms with Crippen molar-refractivity contribution in [3.8, 4) is 12.3 Å². The van der Waals surface area contributed by atoms with Crippen molar-refractivity contribution in [2.24, 2.45) is 0 Å². The van der Waals surface area contributed by atoms with E-state index in [0.717, 1.165) is 6.42 Å². The van der Waals surface area contributed by atoms with E-state index in [2.05, 4.69) is 11.2 Å². The van der Waals surface area contributed by atoms with Gasteiger partial charge in [0.15, 0.2) is 9.84 Å². The first kappa shape index (κ1) is 12.1. The average Bonchev–Trinajstić information content (AvgIpc) is 2.16. The molecule has 0 aromatic carbocycles. The van der Waals surface area contributed by atoms with Crippen molar-refractivity contribution >= 4 is 15.7 Å². The maximum Gasteiger partial charge on any atom is 0.239 e. The molecule has 4 nitrogen and oxygen atoms in total. The summed E-state index contributed by atoms with van der Waals surface area (Å²) in [5.41, 5.74) is 0. The fourth-order valence-corrected chi connectivity index (χ4v) is 3.41. The van der Waals surface area contributed by atoms with Crippen molar-refractivity contribution in [3.05, 3.63) is 0 Å². The van der Waals surface area contributed by atoms with Crippen molar-refractivity contribution in [2.75, 3.05) is 5.75 Å². The first-order valence-corrected chi connectivity index (χ1v) is 6.67. The van der Waals surface area contributed by atoms with Gasteiger partial charge in [-0.3, -0.25) is 4.79 Å². The van der Waals surface area contributed by atoms with Gasteiger partial charge >= 0.3 is 0 Å². The lowest BCUT2D eigenvalue weighted by Crippen LogP contribution is -2.45. The molecule has 0 radical (unpaired) electrons. The van der Waals surface area contributed by atoms with Crippen LogP contribution < -0.4 is 5.32 Å². The fraction of sp³-hybridized carbons (Fsp3) is 0.700. The lowest BCUT2D eigenvalue weighted by molar-refractivity contribution is -0.121. The standard InChI is InChI=1S/C10H15NO3S/c1-3-8(2)11-10(12)9-6-4-5-7-15(9,13)14/h1,8-9H,4-7H2,2H3,(H,11,12). The highest BCUT2D eigenvalue weighted by Gasteiger charge is 2.34. The Balaban J connectivity index is 2.71. The van der Waals surface area contributed by atoms with Crippen LogP contribution in [0.4, 0.5) is 0 Å². The summed E-state index contributed by atoms with van der Waals surface area (Å²) in [5, 5.41) is 1.60. The van der Waals surface area contributed by atoms with Gasteiger partial charge in [-0.1, -0.05) is 12.3 Å². The van der Waals surface area contributed by atoms with Gasteiger partial charge < -0.3 is 5.32 Å². The number of sulfone groups is 1. The maximum atomic E-state index is 11.6. The van der Waals surface area contributed by atoms with E-state index < -0.39 is 27.0 Å². The van der Waals surface area contributed by atoms with E-state index in [1.807, 2.05) is 0 Å². The van der Waals surface area contributed by atoms with Crippen LogP contribution in [-0.4, -0.2) is 31.4 Å². The van der Waals surface area contributed by atoms with Crippen LogP contribution in [0.1, 0.15) is 26.2 Å². The molecule has 1 N–H and O–H groups in total. The van der Waals surface area contributed by atoms with E-state index >= 15 is 0 Å². The molecular weight excluding hydrogens is 214 g/mol. The molecule has 1 heterocycles. The second-order valence-electron chi connectivity index (χ2n) is 3.75. The van der Waals surface area contributed by atoms with Crippen LogP contribution in [-0.2, 0) is 14.6 Å². The first-order chi connectivity index (χ1) is 6.97. The van der Waals surface area contributed by atoms with Gasteiger partial charge in [-0.05, 0) is 19.8 Å². The van der Waals surface area contributed by atoms with Gasteiger partial charge in [-0.15, -0.1) is 6.42 Å². The monoisotopic (exact) mass is 229 g/mol. The lowest BCUT2D eigenvalue weighted by Gasteiger charge is -2.22. The molecule has 15 heavy (non-hydrogen) atoms. The van der Waals surface area contributed by atoms with E-state index in [9.17, 15) is 13.2 Å². The normalized spacial score (nSPS) is 26.3. The summed E-state index contributed by atoms with van der Waals surface area (Å²) in [6.45, 7) is 1.65. The second kappa shape index (κ2) is 4.67. The van der Waals surface area contributed by atoms with Crippen molar-refractivity contribution in [1.29, 1.82) is 0 Å². The molecular formula is C10H15NO3S. The third kappa shape index (κ3) is 2.96. The molecule has 0 aromatic rings. The highest BCUT2D eigenvalue weighted by molar-refractivity contribution is 7.92. The van der Waals surface area contributed by atoms with Gasteiger partial charge in [0.25, 0.3) is 0 Å². The molecule has 5 heteroatoms. The number of nitrogens with one attached hydrogen (secondary N) is 1. The second-order valence-corrected chi connectivity index (χ2v) is 6.05. The highest BCUT2D eigenvalue weighted by atomic mass is 32.2.